The molecule has 3 aromatic carbocycles. The van der Waals surface area contributed by atoms with Crippen LogP contribution in [0.3, 0.4) is 0 Å². The molecule has 0 unspecified atom stereocenters. The number of methoxy groups -OCH3 is 4. The number of aryl methyl sites for hydroxylation is 1. The fourth-order valence-corrected chi connectivity index (χ4v) is 5.02. The molecular formula is C34H48N2O4. The van der Waals surface area contributed by atoms with Gasteiger partial charge in [-0.15, -0.1) is 0 Å². The fourth-order valence-electron chi connectivity index (χ4n) is 5.02. The molecule has 0 fully saturated rings. The van der Waals surface area contributed by atoms with Crippen LogP contribution in [0.5, 0.6) is 23.0 Å². The Bertz CT molecular complexity index is 1100. The number of nitrogens with one attached hydrogen (secondary N) is 2. The number of unbranched alkanes of at least 4 members (excludes halogenated alkanes) is 3. The first-order chi connectivity index (χ1) is 19.7. The number of ether oxygens (including phenoxy) is 4. The topological polar surface area (TPSA) is 61.0 Å². The Hall–Kier alpha value is -3.22. The molecule has 0 saturated heterocycles. The van der Waals surface area contributed by atoms with Gasteiger partial charge in [-0.2, -0.15) is 0 Å². The molecule has 0 bridgehead atoms. The van der Waals surface area contributed by atoms with Gasteiger partial charge < -0.3 is 29.6 Å². The van der Waals surface area contributed by atoms with Crippen molar-refractivity contribution in [1.29, 1.82) is 0 Å². The Labute approximate surface area is 241 Å². The maximum Gasteiger partial charge on any atom is 0.164 e. The summed E-state index contributed by atoms with van der Waals surface area (Å²) in [5, 5.41) is 7.21. The standard InChI is InChI=1S/C34H48N2O4/c1-37-30-24-28(25-31(26-30)38-2)14-16-32-29(15-17-33(39-3)34(32)40-4)19-23-36-21-11-6-5-10-20-35-22-18-27-12-8-7-9-13-27/h7-9,12-13,15,17,24-26,35-36H,5-6,10-11,14,16,18-23H2,1-4H3. The minimum absolute atomic E-state index is 0.770. The molecule has 0 saturated carbocycles. The van der Waals surface area contributed by atoms with Gasteiger partial charge in [0.2, 0.25) is 0 Å². The second-order valence-corrected chi connectivity index (χ2v) is 10.1. The zero-order valence-corrected chi connectivity index (χ0v) is 24.9. The van der Waals surface area contributed by atoms with E-state index in [1.54, 1.807) is 28.4 Å². The molecule has 0 aromatic heterocycles. The van der Waals surface area contributed by atoms with Crippen LogP contribution in [0.25, 0.3) is 0 Å². The van der Waals surface area contributed by atoms with Crippen molar-refractivity contribution < 1.29 is 18.9 Å². The van der Waals surface area contributed by atoms with Crippen molar-refractivity contribution >= 4 is 0 Å². The number of hydrogen-bond donors (Lipinski definition) is 2. The predicted molar refractivity (Wildman–Crippen MR) is 165 cm³/mol. The Morgan fingerprint density at radius 2 is 1.18 bits per heavy atom. The highest BCUT2D eigenvalue weighted by molar-refractivity contribution is 5.51. The molecule has 2 N–H and O–H groups in total. The zero-order valence-electron chi connectivity index (χ0n) is 24.9. The molecule has 0 radical (unpaired) electrons. The van der Waals surface area contributed by atoms with Gasteiger partial charge in [0.05, 0.1) is 28.4 Å². The van der Waals surface area contributed by atoms with E-state index in [2.05, 4.69) is 59.2 Å². The molecule has 0 heterocycles. The highest BCUT2D eigenvalue weighted by Crippen LogP contribution is 2.35. The maximum absolute atomic E-state index is 5.82. The van der Waals surface area contributed by atoms with Gasteiger partial charge in [-0.3, -0.25) is 0 Å². The van der Waals surface area contributed by atoms with E-state index in [-0.39, 0.29) is 0 Å². The smallest absolute Gasteiger partial charge is 0.164 e. The van der Waals surface area contributed by atoms with Crippen molar-refractivity contribution in [2.45, 2.75) is 51.4 Å². The van der Waals surface area contributed by atoms with E-state index in [0.29, 0.717) is 0 Å². The summed E-state index contributed by atoms with van der Waals surface area (Å²) in [6.07, 6.45) is 8.71. The van der Waals surface area contributed by atoms with Crippen molar-refractivity contribution in [3.05, 3.63) is 82.9 Å². The molecule has 40 heavy (non-hydrogen) atoms. The lowest BCUT2D eigenvalue weighted by Crippen LogP contribution is -2.20. The molecule has 0 atom stereocenters. The van der Waals surface area contributed by atoms with E-state index in [9.17, 15) is 0 Å². The van der Waals surface area contributed by atoms with E-state index < -0.39 is 0 Å². The first-order valence-corrected chi connectivity index (χ1v) is 14.6. The first-order valence-electron chi connectivity index (χ1n) is 14.6. The second-order valence-electron chi connectivity index (χ2n) is 10.1. The summed E-state index contributed by atoms with van der Waals surface area (Å²) in [5.74, 6) is 3.20. The van der Waals surface area contributed by atoms with E-state index in [4.69, 9.17) is 18.9 Å². The summed E-state index contributed by atoms with van der Waals surface area (Å²) in [6, 6.07) is 20.9. The fraction of sp³-hybridized carbons (Fsp3) is 0.471. The third kappa shape index (κ3) is 10.4. The van der Waals surface area contributed by atoms with Crippen molar-refractivity contribution in [3.8, 4) is 23.0 Å². The largest absolute Gasteiger partial charge is 0.497 e. The van der Waals surface area contributed by atoms with Crippen molar-refractivity contribution in [3.63, 3.8) is 0 Å². The molecule has 0 aliphatic heterocycles. The molecule has 0 amide bonds. The highest BCUT2D eigenvalue weighted by atomic mass is 16.5. The average Bonchev–Trinajstić information content (AvgIpc) is 3.00. The van der Waals surface area contributed by atoms with Crippen molar-refractivity contribution in [1.82, 2.24) is 10.6 Å². The van der Waals surface area contributed by atoms with Crippen LogP contribution < -0.4 is 29.6 Å². The lowest BCUT2D eigenvalue weighted by atomic mass is 9.96. The Morgan fingerprint density at radius 1 is 0.525 bits per heavy atom. The lowest BCUT2D eigenvalue weighted by Gasteiger charge is -2.18. The minimum Gasteiger partial charge on any atom is -0.497 e. The van der Waals surface area contributed by atoms with Gasteiger partial charge in [0.1, 0.15) is 11.5 Å². The van der Waals surface area contributed by atoms with Crippen molar-refractivity contribution in [2.75, 3.05) is 54.6 Å². The third-order valence-corrected chi connectivity index (χ3v) is 7.28. The molecule has 6 heteroatoms. The quantitative estimate of drug-likeness (QED) is 0.168. The van der Waals surface area contributed by atoms with Crippen LogP contribution in [-0.2, 0) is 25.7 Å². The average molecular weight is 549 g/mol. The van der Waals surface area contributed by atoms with Gasteiger partial charge >= 0.3 is 0 Å². The van der Waals surface area contributed by atoms with Gasteiger partial charge in [-0.05, 0) is 99.6 Å². The SMILES string of the molecule is COc1cc(CCc2c(CCNCCCCCCNCCc3ccccc3)ccc(OC)c2OC)cc(OC)c1. The third-order valence-electron chi connectivity index (χ3n) is 7.28. The predicted octanol–water partition coefficient (Wildman–Crippen LogP) is 6.03. The van der Waals surface area contributed by atoms with Crippen LogP contribution in [0.15, 0.2) is 60.7 Å². The van der Waals surface area contributed by atoms with E-state index in [1.807, 2.05) is 12.1 Å². The minimum atomic E-state index is 0.770. The molecular weight excluding hydrogens is 500 g/mol. The van der Waals surface area contributed by atoms with Gasteiger partial charge in [-0.1, -0.05) is 49.2 Å². The van der Waals surface area contributed by atoms with Crippen LogP contribution in [-0.4, -0.2) is 54.6 Å². The van der Waals surface area contributed by atoms with Gasteiger partial charge in [0, 0.05) is 11.6 Å². The summed E-state index contributed by atoms with van der Waals surface area (Å²) < 4.78 is 22.3. The molecule has 218 valence electrons. The monoisotopic (exact) mass is 548 g/mol. The lowest BCUT2D eigenvalue weighted by molar-refractivity contribution is 0.351. The van der Waals surface area contributed by atoms with Crippen molar-refractivity contribution in [2.24, 2.45) is 0 Å². The van der Waals surface area contributed by atoms with Crippen LogP contribution in [0.1, 0.15) is 47.9 Å². The number of benzene rings is 3. The highest BCUT2D eigenvalue weighted by Gasteiger charge is 2.15. The van der Waals surface area contributed by atoms with Crippen LogP contribution >= 0.6 is 0 Å². The molecule has 3 aromatic rings. The maximum atomic E-state index is 5.82. The molecule has 6 nitrogen and oxygen atoms in total. The number of hydrogen-bond acceptors (Lipinski definition) is 6. The van der Waals surface area contributed by atoms with E-state index in [1.165, 1.54) is 42.4 Å². The summed E-state index contributed by atoms with van der Waals surface area (Å²) >= 11 is 0. The summed E-state index contributed by atoms with van der Waals surface area (Å²) in [4.78, 5) is 0. The Balaban J connectivity index is 1.39. The van der Waals surface area contributed by atoms with E-state index >= 15 is 0 Å². The molecule has 3 rings (SSSR count). The van der Waals surface area contributed by atoms with E-state index in [0.717, 1.165) is 80.4 Å². The van der Waals surface area contributed by atoms with Crippen LogP contribution in [0.4, 0.5) is 0 Å². The second kappa shape index (κ2) is 18.2. The van der Waals surface area contributed by atoms with Crippen LogP contribution in [0.2, 0.25) is 0 Å². The molecule has 0 spiro atoms. The zero-order chi connectivity index (χ0) is 28.4. The normalized spacial score (nSPS) is 10.9. The van der Waals surface area contributed by atoms with Gasteiger partial charge in [0.25, 0.3) is 0 Å². The Morgan fingerprint density at radius 3 is 1.77 bits per heavy atom. The van der Waals surface area contributed by atoms with Gasteiger partial charge in [-0.25, -0.2) is 0 Å². The summed E-state index contributed by atoms with van der Waals surface area (Å²) in [6.45, 7) is 4.15. The first kappa shape index (κ1) is 31.3. The molecule has 0 aliphatic carbocycles. The number of rotatable bonds is 20. The Kier molecular flexibility index (Phi) is 14.2. The summed E-state index contributed by atoms with van der Waals surface area (Å²) in [7, 11) is 6.77. The van der Waals surface area contributed by atoms with Crippen LogP contribution in [0, 0.1) is 0 Å². The molecule has 0 aliphatic rings. The summed E-state index contributed by atoms with van der Waals surface area (Å²) in [5.41, 5.74) is 5.06. The van der Waals surface area contributed by atoms with Gasteiger partial charge in [0.15, 0.2) is 11.5 Å².